The Bertz CT molecular complexity index is 914. The summed E-state index contributed by atoms with van der Waals surface area (Å²) in [4.78, 5) is 0. The molecule has 0 aromatic heterocycles. The minimum Gasteiger partial charge on any atom is -0.488 e. The fourth-order valence-electron chi connectivity index (χ4n) is 2.21. The van der Waals surface area contributed by atoms with Crippen LogP contribution in [0.15, 0.2) is 71.8 Å². The second-order valence-corrected chi connectivity index (χ2v) is 6.27. The maximum Gasteiger partial charge on any atom is 0.128 e. The molecule has 0 amide bonds. The molecular formula is C20H15Cl2FN2O. The Kier molecular flexibility index (Phi) is 6.10. The van der Waals surface area contributed by atoms with Crippen LogP contribution in [-0.4, -0.2) is 6.21 Å². The first-order chi connectivity index (χ1) is 12.6. The van der Waals surface area contributed by atoms with E-state index in [0.29, 0.717) is 28.1 Å². The maximum absolute atomic E-state index is 12.9. The summed E-state index contributed by atoms with van der Waals surface area (Å²) in [6, 6.07) is 18.9. The van der Waals surface area contributed by atoms with Crippen molar-refractivity contribution in [3.05, 3.63) is 93.7 Å². The van der Waals surface area contributed by atoms with Gasteiger partial charge in [0.1, 0.15) is 18.2 Å². The second kappa shape index (κ2) is 8.70. The van der Waals surface area contributed by atoms with Crippen LogP contribution < -0.4 is 10.2 Å². The van der Waals surface area contributed by atoms with Gasteiger partial charge in [0, 0.05) is 5.56 Å². The van der Waals surface area contributed by atoms with Crippen molar-refractivity contribution in [2.45, 2.75) is 6.61 Å². The van der Waals surface area contributed by atoms with Crippen LogP contribution in [0.2, 0.25) is 10.0 Å². The predicted octanol–water partition coefficient (Wildman–Crippen LogP) is 6.16. The fraction of sp³-hybridized carbons (Fsp3) is 0.0500. The van der Waals surface area contributed by atoms with E-state index < -0.39 is 0 Å². The quantitative estimate of drug-likeness (QED) is 0.405. The van der Waals surface area contributed by atoms with E-state index in [2.05, 4.69) is 10.5 Å². The van der Waals surface area contributed by atoms with Gasteiger partial charge in [-0.3, -0.25) is 5.43 Å². The molecule has 0 atom stereocenters. The monoisotopic (exact) mass is 388 g/mol. The lowest BCUT2D eigenvalue weighted by Gasteiger charge is -2.09. The van der Waals surface area contributed by atoms with Gasteiger partial charge in [-0.25, -0.2) is 4.39 Å². The Morgan fingerprint density at radius 1 is 0.962 bits per heavy atom. The van der Waals surface area contributed by atoms with Crippen LogP contribution in [0.5, 0.6) is 5.75 Å². The zero-order valence-corrected chi connectivity index (χ0v) is 15.1. The molecular weight excluding hydrogens is 374 g/mol. The van der Waals surface area contributed by atoms with Crippen molar-refractivity contribution in [3.63, 3.8) is 0 Å². The van der Waals surface area contributed by atoms with Crippen LogP contribution in [0.1, 0.15) is 11.1 Å². The Hall–Kier alpha value is -2.56. The number of halogens is 3. The SMILES string of the molecule is Fc1ccc(NN=Cc2ccccc2OCc2ccc(Cl)c(Cl)c2)cc1. The van der Waals surface area contributed by atoms with Crippen LogP contribution in [0, 0.1) is 5.82 Å². The second-order valence-electron chi connectivity index (χ2n) is 5.45. The van der Waals surface area contributed by atoms with Gasteiger partial charge in [-0.1, -0.05) is 41.4 Å². The average molecular weight is 389 g/mol. The molecule has 1 N–H and O–H groups in total. The molecule has 0 spiro atoms. The number of anilines is 1. The van der Waals surface area contributed by atoms with Gasteiger partial charge < -0.3 is 4.74 Å². The molecule has 0 saturated heterocycles. The molecule has 6 heteroatoms. The van der Waals surface area contributed by atoms with Gasteiger partial charge in [0.15, 0.2) is 0 Å². The van der Waals surface area contributed by atoms with Crippen LogP contribution in [0.4, 0.5) is 10.1 Å². The molecule has 0 aliphatic carbocycles. The molecule has 0 unspecified atom stereocenters. The highest BCUT2D eigenvalue weighted by atomic mass is 35.5. The highest BCUT2D eigenvalue weighted by Crippen LogP contribution is 2.24. The van der Waals surface area contributed by atoms with E-state index in [0.717, 1.165) is 11.1 Å². The molecule has 0 fully saturated rings. The molecule has 26 heavy (non-hydrogen) atoms. The number of nitrogens with zero attached hydrogens (tertiary/aromatic N) is 1. The Morgan fingerprint density at radius 3 is 2.50 bits per heavy atom. The average Bonchev–Trinajstić information content (AvgIpc) is 2.65. The summed E-state index contributed by atoms with van der Waals surface area (Å²) in [5.41, 5.74) is 5.26. The third-order valence-corrected chi connectivity index (χ3v) is 4.28. The number of ether oxygens (including phenoxy) is 1. The van der Waals surface area contributed by atoms with Crippen molar-refractivity contribution in [2.75, 3.05) is 5.43 Å². The topological polar surface area (TPSA) is 33.6 Å². The minimum atomic E-state index is -0.291. The summed E-state index contributed by atoms with van der Waals surface area (Å²) in [6.45, 7) is 0.354. The van der Waals surface area contributed by atoms with Crippen molar-refractivity contribution >= 4 is 35.1 Å². The molecule has 132 valence electrons. The lowest BCUT2D eigenvalue weighted by Crippen LogP contribution is -1.99. The molecule has 0 radical (unpaired) electrons. The molecule has 0 aliphatic heterocycles. The number of benzene rings is 3. The van der Waals surface area contributed by atoms with Gasteiger partial charge in [0.25, 0.3) is 0 Å². The van der Waals surface area contributed by atoms with Gasteiger partial charge in [-0.15, -0.1) is 0 Å². The van der Waals surface area contributed by atoms with E-state index in [1.165, 1.54) is 12.1 Å². The van der Waals surface area contributed by atoms with Gasteiger partial charge in [0.05, 0.1) is 21.9 Å². The minimum absolute atomic E-state index is 0.291. The summed E-state index contributed by atoms with van der Waals surface area (Å²) in [6.07, 6.45) is 1.65. The van der Waals surface area contributed by atoms with Gasteiger partial charge in [0.2, 0.25) is 0 Å². The summed E-state index contributed by atoms with van der Waals surface area (Å²) in [7, 11) is 0. The van der Waals surface area contributed by atoms with Crippen LogP contribution in [0.3, 0.4) is 0 Å². The first kappa shape index (κ1) is 18.2. The van der Waals surface area contributed by atoms with E-state index in [1.54, 1.807) is 30.5 Å². The van der Waals surface area contributed by atoms with E-state index in [-0.39, 0.29) is 5.82 Å². The Balaban J connectivity index is 1.66. The number of rotatable bonds is 6. The number of hydrogen-bond acceptors (Lipinski definition) is 3. The van der Waals surface area contributed by atoms with Crippen LogP contribution >= 0.6 is 23.2 Å². The zero-order chi connectivity index (χ0) is 18.4. The standard InChI is InChI=1S/C20H15Cl2FN2O/c21-18-10-5-14(11-19(18)22)13-26-20-4-2-1-3-15(20)12-24-25-17-8-6-16(23)7-9-17/h1-12,25H,13H2. The number of hydrazone groups is 1. The Morgan fingerprint density at radius 2 is 1.73 bits per heavy atom. The van der Waals surface area contributed by atoms with Gasteiger partial charge in [-0.2, -0.15) is 5.10 Å². The molecule has 0 bridgehead atoms. The summed E-state index contributed by atoms with van der Waals surface area (Å²) in [5, 5.41) is 5.17. The lowest BCUT2D eigenvalue weighted by molar-refractivity contribution is 0.306. The fourth-order valence-corrected chi connectivity index (χ4v) is 2.53. The Labute approximate surface area is 161 Å². The van der Waals surface area contributed by atoms with Crippen molar-refractivity contribution in [1.29, 1.82) is 0 Å². The lowest BCUT2D eigenvalue weighted by atomic mass is 10.2. The van der Waals surface area contributed by atoms with E-state index in [1.807, 2.05) is 30.3 Å². The van der Waals surface area contributed by atoms with Gasteiger partial charge in [-0.05, 0) is 54.1 Å². The van der Waals surface area contributed by atoms with E-state index in [4.69, 9.17) is 27.9 Å². The molecule has 0 aliphatic rings. The largest absolute Gasteiger partial charge is 0.488 e. The van der Waals surface area contributed by atoms with Crippen LogP contribution in [-0.2, 0) is 6.61 Å². The molecule has 3 aromatic carbocycles. The molecule has 3 aromatic rings. The first-order valence-electron chi connectivity index (χ1n) is 7.82. The summed E-state index contributed by atoms with van der Waals surface area (Å²) < 4.78 is 18.8. The van der Waals surface area contributed by atoms with Crippen molar-refractivity contribution in [2.24, 2.45) is 5.10 Å². The normalized spacial score (nSPS) is 10.9. The highest BCUT2D eigenvalue weighted by molar-refractivity contribution is 6.42. The van der Waals surface area contributed by atoms with E-state index in [9.17, 15) is 4.39 Å². The highest BCUT2D eigenvalue weighted by Gasteiger charge is 2.04. The smallest absolute Gasteiger partial charge is 0.128 e. The summed E-state index contributed by atoms with van der Waals surface area (Å²) in [5.74, 6) is 0.392. The molecule has 0 heterocycles. The van der Waals surface area contributed by atoms with Gasteiger partial charge >= 0.3 is 0 Å². The van der Waals surface area contributed by atoms with Crippen molar-refractivity contribution in [3.8, 4) is 5.75 Å². The number of nitrogens with one attached hydrogen (secondary N) is 1. The predicted molar refractivity (Wildman–Crippen MR) is 105 cm³/mol. The van der Waals surface area contributed by atoms with E-state index >= 15 is 0 Å². The zero-order valence-electron chi connectivity index (χ0n) is 13.6. The molecule has 3 rings (SSSR count). The third kappa shape index (κ3) is 4.97. The molecule has 0 saturated carbocycles. The van der Waals surface area contributed by atoms with Crippen molar-refractivity contribution < 1.29 is 9.13 Å². The van der Waals surface area contributed by atoms with Crippen LogP contribution in [0.25, 0.3) is 0 Å². The van der Waals surface area contributed by atoms with Crippen molar-refractivity contribution in [1.82, 2.24) is 0 Å². The number of hydrogen-bond donors (Lipinski definition) is 1. The molecule has 3 nitrogen and oxygen atoms in total. The maximum atomic E-state index is 12.9. The summed E-state index contributed by atoms with van der Waals surface area (Å²) >= 11 is 11.9. The third-order valence-electron chi connectivity index (χ3n) is 3.54. The first-order valence-corrected chi connectivity index (χ1v) is 8.58. The number of para-hydroxylation sites is 1.